The Kier molecular flexibility index (Phi) is 7.86. The van der Waals surface area contributed by atoms with Gasteiger partial charge in [0.25, 0.3) is 0 Å². The molecule has 2 aliphatic rings. The lowest BCUT2D eigenvalue weighted by Crippen LogP contribution is -2.57. The number of rotatable bonds is 8. The van der Waals surface area contributed by atoms with Crippen molar-refractivity contribution < 1.29 is 49.4 Å². The summed E-state index contributed by atoms with van der Waals surface area (Å²) in [5, 5.41) is 54.4. The van der Waals surface area contributed by atoms with Crippen molar-refractivity contribution in [2.24, 2.45) is 11.7 Å². The van der Waals surface area contributed by atoms with E-state index in [4.69, 9.17) is 10.5 Å². The van der Waals surface area contributed by atoms with Crippen molar-refractivity contribution in [3.05, 3.63) is 24.0 Å². The molecule has 3 heterocycles. The zero-order chi connectivity index (χ0) is 26.0. The number of amides is 4. The summed E-state index contributed by atoms with van der Waals surface area (Å²) in [4.78, 5) is 52.8. The second kappa shape index (κ2) is 10.5. The number of aromatic hydroxyl groups is 1. The number of carbonyl (C=O) groups is 4. The molecule has 15 nitrogen and oxygen atoms in total. The molecule has 2 fully saturated rings. The fraction of sp³-hybridized carbons (Fsp3) is 0.550. The number of carboxylic acid groups (broad SMARTS) is 1. The number of aliphatic hydroxyl groups is 3. The number of carbonyl (C=O) groups excluding carboxylic acids is 3. The standard InChI is InChI=1S/C20H27N5O10/c1-7(13(28)9-3-2-8(26)6-22-9)11(21)17(31)24-12(19(32)33)16-14(29)15(30)18(35-16)25-5-4-10(27)23-20(25)34/h2-3,6-7,11-16,18,26,28-30H,4-5,21H2,1H3,(H,24,31)(H,32,33)(H,23,27,34)/t7-,11-,12-,13-,14-,15+,16+,18+/m0/s1. The Morgan fingerprint density at radius 2 is 1.97 bits per heavy atom. The van der Waals surface area contributed by atoms with Crippen LogP contribution in [0.25, 0.3) is 0 Å². The molecule has 1 aromatic rings. The second-order valence-corrected chi connectivity index (χ2v) is 8.36. The Morgan fingerprint density at radius 1 is 1.29 bits per heavy atom. The molecular weight excluding hydrogens is 470 g/mol. The molecule has 15 heteroatoms. The van der Waals surface area contributed by atoms with Gasteiger partial charge in [0.05, 0.1) is 17.9 Å². The van der Waals surface area contributed by atoms with Crippen molar-refractivity contribution in [1.29, 1.82) is 0 Å². The Balaban J connectivity index is 1.70. The molecule has 2 aliphatic heterocycles. The zero-order valence-corrected chi connectivity index (χ0v) is 18.5. The third-order valence-electron chi connectivity index (χ3n) is 6.00. The molecule has 3 rings (SSSR count). The van der Waals surface area contributed by atoms with Crippen LogP contribution in [0.15, 0.2) is 18.3 Å². The number of nitrogens with one attached hydrogen (secondary N) is 2. The van der Waals surface area contributed by atoms with Crippen LogP contribution in [0.3, 0.4) is 0 Å². The number of carboxylic acids is 1. The van der Waals surface area contributed by atoms with E-state index in [0.29, 0.717) is 0 Å². The van der Waals surface area contributed by atoms with Crippen LogP contribution >= 0.6 is 0 Å². The summed E-state index contributed by atoms with van der Waals surface area (Å²) >= 11 is 0. The number of aliphatic hydroxyl groups excluding tert-OH is 3. The number of pyridine rings is 1. The Morgan fingerprint density at radius 3 is 2.54 bits per heavy atom. The number of imide groups is 1. The van der Waals surface area contributed by atoms with Gasteiger partial charge in [0.15, 0.2) is 12.3 Å². The molecule has 0 saturated carbocycles. The van der Waals surface area contributed by atoms with Crippen LogP contribution in [-0.4, -0.2) is 102 Å². The highest BCUT2D eigenvalue weighted by molar-refractivity contribution is 5.96. The predicted octanol–water partition coefficient (Wildman–Crippen LogP) is -3.26. The molecule has 1 aromatic heterocycles. The Hall–Kier alpha value is -3.37. The molecule has 9 N–H and O–H groups in total. The third kappa shape index (κ3) is 5.49. The molecule has 0 aliphatic carbocycles. The Bertz CT molecular complexity index is 976. The number of nitrogens with two attached hydrogens (primary N) is 1. The summed E-state index contributed by atoms with van der Waals surface area (Å²) in [7, 11) is 0. The zero-order valence-electron chi connectivity index (χ0n) is 18.5. The fourth-order valence-electron chi connectivity index (χ4n) is 3.85. The van der Waals surface area contributed by atoms with Crippen LogP contribution in [0.2, 0.25) is 0 Å². The summed E-state index contributed by atoms with van der Waals surface area (Å²) < 4.78 is 5.46. The van der Waals surface area contributed by atoms with E-state index in [1.807, 2.05) is 5.32 Å². The summed E-state index contributed by atoms with van der Waals surface area (Å²) in [6.45, 7) is 1.29. The topological polar surface area (TPSA) is 245 Å². The van der Waals surface area contributed by atoms with Gasteiger partial charge in [0, 0.05) is 18.9 Å². The van der Waals surface area contributed by atoms with Crippen LogP contribution in [0.4, 0.5) is 4.79 Å². The number of aliphatic carboxylic acids is 1. The van der Waals surface area contributed by atoms with Gasteiger partial charge in [0.2, 0.25) is 11.8 Å². The molecule has 0 radical (unpaired) electrons. The summed E-state index contributed by atoms with van der Waals surface area (Å²) in [5.41, 5.74) is 6.04. The number of aromatic nitrogens is 1. The van der Waals surface area contributed by atoms with Gasteiger partial charge in [0.1, 0.15) is 30.2 Å². The normalized spacial score (nSPS) is 28.1. The predicted molar refractivity (Wildman–Crippen MR) is 113 cm³/mol. The number of urea groups is 1. The largest absolute Gasteiger partial charge is 0.506 e. The van der Waals surface area contributed by atoms with Gasteiger partial charge >= 0.3 is 12.0 Å². The molecule has 8 atom stereocenters. The van der Waals surface area contributed by atoms with Gasteiger partial charge in [-0.3, -0.25) is 24.8 Å². The van der Waals surface area contributed by atoms with Crippen molar-refractivity contribution in [1.82, 2.24) is 20.5 Å². The van der Waals surface area contributed by atoms with E-state index in [1.165, 1.54) is 19.1 Å². The van der Waals surface area contributed by atoms with Crippen LogP contribution in [-0.2, 0) is 19.1 Å². The van der Waals surface area contributed by atoms with Gasteiger partial charge in [-0.2, -0.15) is 0 Å². The van der Waals surface area contributed by atoms with E-state index in [-0.39, 0.29) is 24.4 Å². The van der Waals surface area contributed by atoms with Gasteiger partial charge in [-0.1, -0.05) is 6.92 Å². The van der Waals surface area contributed by atoms with Crippen molar-refractivity contribution in [3.8, 4) is 5.75 Å². The molecule has 192 valence electrons. The first-order valence-corrected chi connectivity index (χ1v) is 10.7. The minimum atomic E-state index is -1.88. The minimum absolute atomic E-state index is 0.0941. The number of hydrogen-bond acceptors (Lipinski definition) is 11. The highest BCUT2D eigenvalue weighted by Gasteiger charge is 2.52. The van der Waals surface area contributed by atoms with E-state index >= 15 is 0 Å². The average molecular weight is 497 g/mol. The summed E-state index contributed by atoms with van der Waals surface area (Å²) in [6.07, 6.45) is -7.02. The maximum Gasteiger partial charge on any atom is 0.329 e. The first-order valence-electron chi connectivity index (χ1n) is 10.7. The molecule has 2 saturated heterocycles. The first-order chi connectivity index (χ1) is 16.4. The van der Waals surface area contributed by atoms with Crippen molar-refractivity contribution >= 4 is 23.8 Å². The minimum Gasteiger partial charge on any atom is -0.506 e. The van der Waals surface area contributed by atoms with Gasteiger partial charge in [-0.15, -0.1) is 0 Å². The molecule has 0 spiro atoms. The lowest BCUT2D eigenvalue weighted by atomic mass is 9.92. The highest BCUT2D eigenvalue weighted by Crippen LogP contribution is 2.28. The fourth-order valence-corrected chi connectivity index (χ4v) is 3.85. The van der Waals surface area contributed by atoms with Crippen molar-refractivity contribution in [2.45, 2.75) is 56.1 Å². The maximum atomic E-state index is 12.7. The van der Waals surface area contributed by atoms with Crippen LogP contribution in [0.1, 0.15) is 25.1 Å². The van der Waals surface area contributed by atoms with Crippen LogP contribution in [0, 0.1) is 5.92 Å². The molecular formula is C20H27N5O10. The second-order valence-electron chi connectivity index (χ2n) is 8.36. The van der Waals surface area contributed by atoms with Crippen molar-refractivity contribution in [3.63, 3.8) is 0 Å². The van der Waals surface area contributed by atoms with E-state index in [2.05, 4.69) is 10.3 Å². The monoisotopic (exact) mass is 497 g/mol. The van der Waals surface area contributed by atoms with E-state index in [1.54, 1.807) is 0 Å². The van der Waals surface area contributed by atoms with E-state index in [9.17, 15) is 44.7 Å². The lowest BCUT2D eigenvalue weighted by Gasteiger charge is -2.33. The lowest BCUT2D eigenvalue weighted by molar-refractivity contribution is -0.150. The summed E-state index contributed by atoms with van der Waals surface area (Å²) in [6, 6.07) is -1.59. The highest BCUT2D eigenvalue weighted by atomic mass is 16.6. The van der Waals surface area contributed by atoms with E-state index < -0.39 is 72.5 Å². The van der Waals surface area contributed by atoms with Gasteiger partial charge in [-0.05, 0) is 12.1 Å². The smallest absolute Gasteiger partial charge is 0.329 e. The van der Waals surface area contributed by atoms with E-state index in [0.717, 1.165) is 11.1 Å². The molecule has 0 unspecified atom stereocenters. The number of hydrogen-bond donors (Lipinski definition) is 8. The number of nitrogens with zero attached hydrogens (tertiary/aromatic N) is 2. The number of ether oxygens (including phenoxy) is 1. The third-order valence-corrected chi connectivity index (χ3v) is 6.00. The van der Waals surface area contributed by atoms with Crippen LogP contribution in [0.5, 0.6) is 5.75 Å². The first kappa shape index (κ1) is 26.2. The molecule has 35 heavy (non-hydrogen) atoms. The van der Waals surface area contributed by atoms with Crippen LogP contribution < -0.4 is 16.4 Å². The van der Waals surface area contributed by atoms with Crippen molar-refractivity contribution in [2.75, 3.05) is 6.54 Å². The summed E-state index contributed by atoms with van der Waals surface area (Å²) in [5.74, 6) is -4.25. The Labute approximate surface area is 198 Å². The quantitative estimate of drug-likeness (QED) is 0.176. The molecule has 4 amide bonds. The van der Waals surface area contributed by atoms with Gasteiger partial charge < -0.3 is 41.3 Å². The maximum absolute atomic E-state index is 12.7. The molecule has 0 aromatic carbocycles. The average Bonchev–Trinajstić information content (AvgIpc) is 3.10. The van der Waals surface area contributed by atoms with Gasteiger partial charge in [-0.25, -0.2) is 9.59 Å². The SMILES string of the molecule is C[C@@H]([C@H](N)C(=O)N[C@H](C(=O)O)[C@H]1O[C@@H](N2CCC(=O)NC2=O)[C@H](O)[C@@H]1O)[C@H](O)c1ccc(O)cn1. The molecule has 0 bridgehead atoms.